The second kappa shape index (κ2) is 16.5. The van der Waals surface area contributed by atoms with E-state index in [1.54, 1.807) is 18.2 Å². The van der Waals surface area contributed by atoms with Crippen LogP contribution in [0, 0.1) is 28.5 Å². The van der Waals surface area contributed by atoms with Crippen LogP contribution >= 0.6 is 11.6 Å². The Hall–Kier alpha value is -4.86. The summed E-state index contributed by atoms with van der Waals surface area (Å²) >= 11 is 6.36. The van der Waals surface area contributed by atoms with Crippen molar-refractivity contribution in [1.82, 2.24) is 15.1 Å². The first kappa shape index (κ1) is 39.0. The average molecular weight is 795 g/mol. The van der Waals surface area contributed by atoms with Gasteiger partial charge in [-0.3, -0.25) is 24.6 Å². The number of rotatable bonds is 8. The lowest BCUT2D eigenvalue weighted by Crippen LogP contribution is -2.49. The Labute approximate surface area is 339 Å². The standard InChI is InChI=1S/C44H52ClFN8O3/c1-30-26-44(29-54(30)36-6-5-32(27-47)38(45)24-36)13-17-51(18-14-44)35-7-8-37(39(46)25-35)43(57)53-15-11-31(12-16-53)28-50-19-21-52(22-20-50)34-4-2-3-33(23-34)48-40-9-10-41(55)49-42(40)56/h2-8,23-25,30-31,40,48H,9-22,26,28-29H2,1H3,(H,49,55,56)/t30-,40-/m1/s1. The van der Waals surface area contributed by atoms with E-state index in [1.165, 1.54) is 0 Å². The van der Waals surface area contributed by atoms with Gasteiger partial charge in [-0.05, 0) is 111 Å². The summed E-state index contributed by atoms with van der Waals surface area (Å²) in [6, 6.07) is 21.0. The topological polar surface area (TPSA) is 115 Å². The summed E-state index contributed by atoms with van der Waals surface area (Å²) in [4.78, 5) is 48.6. The molecule has 5 heterocycles. The van der Waals surface area contributed by atoms with Gasteiger partial charge in [-0.2, -0.15) is 5.26 Å². The molecule has 2 atom stereocenters. The summed E-state index contributed by atoms with van der Waals surface area (Å²) in [5, 5.41) is 15.5. The molecular formula is C44H52ClFN8O3. The monoisotopic (exact) mass is 794 g/mol. The normalized spacial score (nSPS) is 23.1. The van der Waals surface area contributed by atoms with Crippen molar-refractivity contribution in [1.29, 1.82) is 5.26 Å². The maximum Gasteiger partial charge on any atom is 0.256 e. The molecule has 2 N–H and O–H groups in total. The van der Waals surface area contributed by atoms with Crippen molar-refractivity contribution in [3.63, 3.8) is 0 Å². The number of piperidine rings is 3. The van der Waals surface area contributed by atoms with Gasteiger partial charge in [-0.1, -0.05) is 17.7 Å². The number of nitriles is 1. The molecule has 5 fully saturated rings. The van der Waals surface area contributed by atoms with E-state index in [0.717, 1.165) is 107 Å². The molecule has 0 saturated carbocycles. The van der Waals surface area contributed by atoms with Crippen LogP contribution in [0.15, 0.2) is 60.7 Å². The van der Waals surface area contributed by atoms with Crippen LogP contribution in [0.25, 0.3) is 0 Å². The molecule has 57 heavy (non-hydrogen) atoms. The van der Waals surface area contributed by atoms with Gasteiger partial charge in [0.25, 0.3) is 5.91 Å². The predicted octanol–water partition coefficient (Wildman–Crippen LogP) is 6.13. The number of hydrogen-bond donors (Lipinski definition) is 2. The fraction of sp³-hybridized carbons (Fsp3) is 0.500. The van der Waals surface area contributed by atoms with Crippen molar-refractivity contribution < 1.29 is 18.8 Å². The summed E-state index contributed by atoms with van der Waals surface area (Å²) in [5.74, 6) is -0.669. The molecule has 0 unspecified atom stereocenters. The van der Waals surface area contributed by atoms with Gasteiger partial charge < -0.3 is 24.9 Å². The number of nitrogens with one attached hydrogen (secondary N) is 2. The van der Waals surface area contributed by atoms with Crippen molar-refractivity contribution in [2.45, 2.75) is 64.0 Å². The molecule has 3 aromatic rings. The number of carbonyl (C=O) groups excluding carboxylic acids is 3. The van der Waals surface area contributed by atoms with E-state index in [-0.39, 0.29) is 28.7 Å². The van der Waals surface area contributed by atoms with E-state index in [2.05, 4.69) is 55.4 Å². The van der Waals surface area contributed by atoms with Gasteiger partial charge >= 0.3 is 0 Å². The minimum absolute atomic E-state index is 0.152. The lowest BCUT2D eigenvalue weighted by atomic mass is 9.76. The largest absolute Gasteiger partial charge is 0.374 e. The van der Waals surface area contributed by atoms with Crippen LogP contribution in [0.5, 0.6) is 0 Å². The highest BCUT2D eigenvalue weighted by Crippen LogP contribution is 2.46. The van der Waals surface area contributed by atoms with E-state index >= 15 is 4.39 Å². The maximum absolute atomic E-state index is 15.6. The molecule has 0 bridgehead atoms. The van der Waals surface area contributed by atoms with Crippen LogP contribution in [-0.4, -0.2) is 105 Å². The predicted molar refractivity (Wildman–Crippen MR) is 221 cm³/mol. The fourth-order valence-corrected chi connectivity index (χ4v) is 10.00. The molecule has 13 heteroatoms. The van der Waals surface area contributed by atoms with Crippen LogP contribution in [0.4, 0.5) is 27.1 Å². The van der Waals surface area contributed by atoms with E-state index < -0.39 is 11.9 Å². The molecule has 1 spiro atoms. The second-order valence-corrected chi connectivity index (χ2v) is 17.2. The Bertz CT molecular complexity index is 2030. The van der Waals surface area contributed by atoms with Gasteiger partial charge in [0, 0.05) is 101 Å². The number of halogens is 2. The van der Waals surface area contributed by atoms with Crippen LogP contribution in [0.2, 0.25) is 5.02 Å². The molecule has 5 saturated heterocycles. The zero-order valence-corrected chi connectivity index (χ0v) is 33.4. The van der Waals surface area contributed by atoms with Crippen molar-refractivity contribution in [3.05, 3.63) is 82.6 Å². The number of benzene rings is 3. The van der Waals surface area contributed by atoms with Crippen molar-refractivity contribution in [3.8, 4) is 6.07 Å². The molecule has 5 aliphatic rings. The molecule has 0 aliphatic carbocycles. The molecule has 11 nitrogen and oxygen atoms in total. The number of hydrogen-bond acceptors (Lipinski definition) is 9. The SMILES string of the molecule is C[C@@H]1CC2(CCN(c3ccc(C(=O)N4CCC(CN5CCN(c6cccc(N[C@@H]7CCC(=O)NC7=O)c6)CC5)CC4)c(F)c3)CC2)CN1c1ccc(C#N)c(Cl)c1. The third kappa shape index (κ3) is 8.56. The van der Waals surface area contributed by atoms with Crippen molar-refractivity contribution in [2.75, 3.05) is 85.5 Å². The quantitative estimate of drug-likeness (QED) is 0.260. The van der Waals surface area contributed by atoms with Crippen LogP contribution in [-0.2, 0) is 9.59 Å². The smallest absolute Gasteiger partial charge is 0.256 e. The summed E-state index contributed by atoms with van der Waals surface area (Å²) in [6.45, 7) is 10.8. The molecule has 0 aromatic heterocycles. The Morgan fingerprint density at radius 2 is 1.63 bits per heavy atom. The summed E-state index contributed by atoms with van der Waals surface area (Å²) in [5.41, 5.74) is 4.69. The molecule has 3 amide bonds. The number of piperazine rings is 1. The second-order valence-electron chi connectivity index (χ2n) is 16.8. The summed E-state index contributed by atoms with van der Waals surface area (Å²) in [7, 11) is 0. The van der Waals surface area contributed by atoms with Gasteiger partial charge in [0.05, 0.1) is 16.1 Å². The van der Waals surface area contributed by atoms with E-state index in [4.69, 9.17) is 11.6 Å². The molecule has 0 radical (unpaired) electrons. The summed E-state index contributed by atoms with van der Waals surface area (Å²) in [6.07, 6.45) is 5.74. The number of likely N-dealkylation sites (tertiary alicyclic amines) is 1. The van der Waals surface area contributed by atoms with E-state index in [9.17, 15) is 19.6 Å². The van der Waals surface area contributed by atoms with Gasteiger partial charge in [0.2, 0.25) is 11.8 Å². The highest BCUT2D eigenvalue weighted by Gasteiger charge is 2.44. The minimum atomic E-state index is -0.451. The molecule has 5 aliphatic heterocycles. The Morgan fingerprint density at radius 1 is 0.912 bits per heavy atom. The number of anilines is 4. The summed E-state index contributed by atoms with van der Waals surface area (Å²) < 4.78 is 15.6. The van der Waals surface area contributed by atoms with Gasteiger partial charge in [-0.15, -0.1) is 0 Å². The lowest BCUT2D eigenvalue weighted by Gasteiger charge is -2.40. The van der Waals surface area contributed by atoms with E-state index in [0.29, 0.717) is 48.5 Å². The third-order valence-corrected chi connectivity index (χ3v) is 13.4. The van der Waals surface area contributed by atoms with Gasteiger partial charge in [0.1, 0.15) is 17.9 Å². The van der Waals surface area contributed by atoms with Crippen LogP contribution in [0.1, 0.15) is 67.8 Å². The van der Waals surface area contributed by atoms with Crippen LogP contribution in [0.3, 0.4) is 0 Å². The molecule has 3 aromatic carbocycles. The van der Waals surface area contributed by atoms with Crippen molar-refractivity contribution >= 4 is 52.1 Å². The van der Waals surface area contributed by atoms with Crippen molar-refractivity contribution in [2.24, 2.45) is 11.3 Å². The maximum atomic E-state index is 15.6. The van der Waals surface area contributed by atoms with E-state index in [1.807, 2.05) is 35.2 Å². The first-order chi connectivity index (χ1) is 27.6. The number of carbonyl (C=O) groups is 3. The average Bonchev–Trinajstić information content (AvgIpc) is 3.54. The molecular weight excluding hydrogens is 743 g/mol. The highest BCUT2D eigenvalue weighted by molar-refractivity contribution is 6.32. The zero-order chi connectivity index (χ0) is 39.7. The third-order valence-electron chi connectivity index (χ3n) is 13.1. The first-order valence-corrected chi connectivity index (χ1v) is 20.9. The molecule has 300 valence electrons. The van der Waals surface area contributed by atoms with Crippen LogP contribution < -0.4 is 25.3 Å². The van der Waals surface area contributed by atoms with Gasteiger partial charge in [-0.25, -0.2) is 4.39 Å². The number of amides is 3. The fourth-order valence-electron chi connectivity index (χ4n) is 9.78. The molecule has 8 rings (SSSR count). The Morgan fingerprint density at radius 3 is 2.33 bits per heavy atom. The number of nitrogens with zero attached hydrogens (tertiary/aromatic N) is 6. The number of imide groups is 1. The first-order valence-electron chi connectivity index (χ1n) is 20.5. The highest BCUT2D eigenvalue weighted by atomic mass is 35.5. The Balaban J connectivity index is 0.778. The zero-order valence-electron chi connectivity index (χ0n) is 32.7. The lowest BCUT2D eigenvalue weighted by molar-refractivity contribution is -0.133. The Kier molecular flexibility index (Phi) is 11.3. The minimum Gasteiger partial charge on any atom is -0.374 e. The van der Waals surface area contributed by atoms with Gasteiger partial charge in [0.15, 0.2) is 0 Å².